The topological polar surface area (TPSA) is 66.4 Å². The van der Waals surface area contributed by atoms with Gasteiger partial charge in [-0.1, -0.05) is 42.5 Å². The van der Waals surface area contributed by atoms with Crippen molar-refractivity contribution in [2.24, 2.45) is 0 Å². The zero-order chi connectivity index (χ0) is 15.7. The number of amides is 1. The molecule has 0 aliphatic rings. The summed E-state index contributed by atoms with van der Waals surface area (Å²) in [4.78, 5) is 22.2. The summed E-state index contributed by atoms with van der Waals surface area (Å²) in [5.41, 5.74) is 1.19. The van der Waals surface area contributed by atoms with Crippen molar-refractivity contribution in [3.63, 3.8) is 0 Å². The fourth-order valence-electron chi connectivity index (χ4n) is 1.64. The van der Waals surface area contributed by atoms with Crippen LogP contribution in [0.25, 0.3) is 0 Å². The molecule has 0 saturated heterocycles. The van der Waals surface area contributed by atoms with Gasteiger partial charge in [-0.05, 0) is 31.5 Å². The molecule has 2 rings (SSSR count). The number of hydrogen-bond acceptors (Lipinski definition) is 2. The lowest BCUT2D eigenvalue weighted by Gasteiger charge is -2.05. The molecule has 1 amide bonds. The van der Waals surface area contributed by atoms with Crippen LogP contribution in [-0.4, -0.2) is 23.5 Å². The van der Waals surface area contributed by atoms with Crippen LogP contribution in [0.5, 0.6) is 0 Å². The molecule has 21 heavy (non-hydrogen) atoms. The first-order valence-corrected chi connectivity index (χ1v) is 6.68. The Hall–Kier alpha value is -2.62. The molecule has 0 bridgehead atoms. The van der Waals surface area contributed by atoms with E-state index in [1.807, 2.05) is 43.3 Å². The third-order valence-corrected chi connectivity index (χ3v) is 2.73. The summed E-state index contributed by atoms with van der Waals surface area (Å²) in [7, 11) is 0. The summed E-state index contributed by atoms with van der Waals surface area (Å²) in [5, 5.41) is 11.5. The van der Waals surface area contributed by atoms with Crippen LogP contribution in [0.1, 0.15) is 33.2 Å². The number of carbonyl (C=O) groups is 2. The van der Waals surface area contributed by atoms with Crippen molar-refractivity contribution in [3.8, 4) is 0 Å². The third-order valence-electron chi connectivity index (χ3n) is 2.73. The van der Waals surface area contributed by atoms with Crippen LogP contribution >= 0.6 is 0 Å². The van der Waals surface area contributed by atoms with Gasteiger partial charge >= 0.3 is 5.97 Å². The molecule has 0 saturated carbocycles. The van der Waals surface area contributed by atoms with Crippen molar-refractivity contribution in [1.29, 1.82) is 0 Å². The van der Waals surface area contributed by atoms with Crippen LogP contribution in [0.4, 0.5) is 0 Å². The first-order valence-electron chi connectivity index (χ1n) is 6.68. The summed E-state index contributed by atoms with van der Waals surface area (Å²) >= 11 is 0. The van der Waals surface area contributed by atoms with Gasteiger partial charge < -0.3 is 10.4 Å². The van der Waals surface area contributed by atoms with E-state index in [2.05, 4.69) is 5.32 Å². The average Bonchev–Trinajstić information content (AvgIpc) is 2.50. The van der Waals surface area contributed by atoms with Crippen LogP contribution in [0.2, 0.25) is 0 Å². The van der Waals surface area contributed by atoms with E-state index in [4.69, 9.17) is 5.11 Å². The minimum Gasteiger partial charge on any atom is -0.478 e. The average molecular weight is 285 g/mol. The zero-order valence-electron chi connectivity index (χ0n) is 12.2. The van der Waals surface area contributed by atoms with Crippen molar-refractivity contribution in [2.45, 2.75) is 13.8 Å². The van der Waals surface area contributed by atoms with Gasteiger partial charge in [-0.3, -0.25) is 4.79 Å². The summed E-state index contributed by atoms with van der Waals surface area (Å²) in [6.45, 7) is 4.03. The van der Waals surface area contributed by atoms with Gasteiger partial charge in [0.1, 0.15) is 0 Å². The summed E-state index contributed by atoms with van der Waals surface area (Å²) in [6, 6.07) is 16.6. The number of carbonyl (C=O) groups excluding carboxylic acids is 1. The minimum atomic E-state index is -1.02. The number of aromatic carboxylic acids is 1. The molecular weight excluding hydrogens is 266 g/mol. The number of aryl methyl sites for hydroxylation is 1. The highest BCUT2D eigenvalue weighted by atomic mass is 16.4. The van der Waals surface area contributed by atoms with Crippen molar-refractivity contribution in [1.82, 2.24) is 5.32 Å². The molecule has 0 unspecified atom stereocenters. The number of carboxylic acids is 1. The SMILES string of the molecule is CCNC(=O)c1ccc(C)c(C(=O)O)c1.c1ccccc1. The number of benzene rings is 2. The predicted molar refractivity (Wildman–Crippen MR) is 82.6 cm³/mol. The Balaban J connectivity index is 0.000000304. The Morgan fingerprint density at radius 2 is 1.57 bits per heavy atom. The molecule has 0 fully saturated rings. The number of rotatable bonds is 3. The van der Waals surface area contributed by atoms with Crippen molar-refractivity contribution >= 4 is 11.9 Å². The molecule has 4 nitrogen and oxygen atoms in total. The zero-order valence-corrected chi connectivity index (χ0v) is 12.2. The second-order valence-corrected chi connectivity index (χ2v) is 4.35. The van der Waals surface area contributed by atoms with Gasteiger partial charge in [0.15, 0.2) is 0 Å². The van der Waals surface area contributed by atoms with Crippen molar-refractivity contribution in [2.75, 3.05) is 6.54 Å². The maximum Gasteiger partial charge on any atom is 0.335 e. The van der Waals surface area contributed by atoms with Gasteiger partial charge in [-0.15, -0.1) is 0 Å². The molecule has 0 heterocycles. The Morgan fingerprint density at radius 3 is 2.00 bits per heavy atom. The van der Waals surface area contributed by atoms with Crippen molar-refractivity contribution in [3.05, 3.63) is 71.3 Å². The Bertz CT molecular complexity index is 568. The smallest absolute Gasteiger partial charge is 0.335 e. The molecule has 0 aromatic heterocycles. The van der Waals surface area contributed by atoms with E-state index < -0.39 is 5.97 Å². The second kappa shape index (κ2) is 8.53. The monoisotopic (exact) mass is 285 g/mol. The third kappa shape index (κ3) is 5.48. The van der Waals surface area contributed by atoms with E-state index in [9.17, 15) is 9.59 Å². The van der Waals surface area contributed by atoms with Gasteiger partial charge in [0.05, 0.1) is 5.56 Å². The lowest BCUT2D eigenvalue weighted by Crippen LogP contribution is -2.23. The fraction of sp³-hybridized carbons (Fsp3) is 0.176. The first kappa shape index (κ1) is 16.4. The van der Waals surface area contributed by atoms with Gasteiger partial charge in [0.25, 0.3) is 5.91 Å². The van der Waals surface area contributed by atoms with Crippen LogP contribution in [-0.2, 0) is 0 Å². The molecule has 0 aliphatic carbocycles. The minimum absolute atomic E-state index is 0.166. The highest BCUT2D eigenvalue weighted by Gasteiger charge is 2.11. The molecule has 0 atom stereocenters. The van der Waals surface area contributed by atoms with Crippen LogP contribution < -0.4 is 5.32 Å². The number of carboxylic acid groups (broad SMARTS) is 1. The highest BCUT2D eigenvalue weighted by Crippen LogP contribution is 2.11. The second-order valence-electron chi connectivity index (χ2n) is 4.35. The molecule has 0 radical (unpaired) electrons. The Kier molecular flexibility index (Phi) is 6.68. The number of nitrogens with one attached hydrogen (secondary N) is 1. The summed E-state index contributed by atoms with van der Waals surface area (Å²) in [6.07, 6.45) is 0. The standard InChI is InChI=1S/C11H13NO3.C6H6/c1-3-12-10(13)8-5-4-7(2)9(6-8)11(14)15;1-2-4-6-5-3-1/h4-6H,3H2,1-2H3,(H,12,13)(H,14,15);1-6H. The predicted octanol–water partition coefficient (Wildman–Crippen LogP) is 3.13. The van der Waals surface area contributed by atoms with Crippen molar-refractivity contribution < 1.29 is 14.7 Å². The molecule has 0 aliphatic heterocycles. The molecule has 4 heteroatoms. The molecule has 0 spiro atoms. The van der Waals surface area contributed by atoms with E-state index in [0.717, 1.165) is 0 Å². The molecule has 2 aromatic carbocycles. The first-order chi connectivity index (χ1) is 10.1. The normalized spacial score (nSPS) is 9.24. The van der Waals surface area contributed by atoms with E-state index in [1.54, 1.807) is 19.1 Å². The Labute approximate surface area is 124 Å². The van der Waals surface area contributed by atoms with Crippen LogP contribution in [0.3, 0.4) is 0 Å². The Morgan fingerprint density at radius 1 is 1.05 bits per heavy atom. The van der Waals surface area contributed by atoms with Gasteiger partial charge in [-0.2, -0.15) is 0 Å². The van der Waals surface area contributed by atoms with Crippen LogP contribution in [0.15, 0.2) is 54.6 Å². The lowest BCUT2D eigenvalue weighted by atomic mass is 10.0. The largest absolute Gasteiger partial charge is 0.478 e. The van der Waals surface area contributed by atoms with Gasteiger partial charge in [0, 0.05) is 12.1 Å². The van der Waals surface area contributed by atoms with E-state index >= 15 is 0 Å². The number of hydrogen-bond donors (Lipinski definition) is 2. The quantitative estimate of drug-likeness (QED) is 0.910. The maximum absolute atomic E-state index is 11.4. The fourth-order valence-corrected chi connectivity index (χ4v) is 1.64. The van der Waals surface area contributed by atoms with Gasteiger partial charge in [0.2, 0.25) is 0 Å². The molecule has 2 N–H and O–H groups in total. The van der Waals surface area contributed by atoms with E-state index in [1.165, 1.54) is 6.07 Å². The summed E-state index contributed by atoms with van der Waals surface area (Å²) < 4.78 is 0. The van der Waals surface area contributed by atoms with E-state index in [-0.39, 0.29) is 11.5 Å². The molecule has 2 aromatic rings. The van der Waals surface area contributed by atoms with Crippen LogP contribution in [0, 0.1) is 6.92 Å². The van der Waals surface area contributed by atoms with E-state index in [0.29, 0.717) is 17.7 Å². The molecule has 110 valence electrons. The summed E-state index contributed by atoms with van der Waals surface area (Å²) in [5.74, 6) is -1.27. The van der Waals surface area contributed by atoms with Gasteiger partial charge in [-0.25, -0.2) is 4.79 Å². The lowest BCUT2D eigenvalue weighted by molar-refractivity contribution is 0.0696. The molecular formula is C17H19NO3. The highest BCUT2D eigenvalue weighted by molar-refractivity contribution is 5.98. The maximum atomic E-state index is 11.4.